The number of amides is 1. The predicted molar refractivity (Wildman–Crippen MR) is 40.3 cm³/mol. The standard InChI is InChI=1S/C7H9N3O/c1-10-6(11)3-2-5-4-8-9-7(5)10/h4H,2-3H2,1H3,(H,8,9). The van der Waals surface area contributed by atoms with Gasteiger partial charge in [-0.15, -0.1) is 0 Å². The van der Waals surface area contributed by atoms with Crippen LogP contribution >= 0.6 is 0 Å². The smallest absolute Gasteiger partial charge is 0.228 e. The molecule has 0 fully saturated rings. The summed E-state index contributed by atoms with van der Waals surface area (Å²) in [6.07, 6.45) is 3.26. The lowest BCUT2D eigenvalue weighted by molar-refractivity contribution is -0.118. The van der Waals surface area contributed by atoms with Crippen molar-refractivity contribution in [2.45, 2.75) is 12.8 Å². The number of rotatable bonds is 0. The summed E-state index contributed by atoms with van der Waals surface area (Å²) in [6.45, 7) is 0. The Hall–Kier alpha value is -1.32. The first kappa shape index (κ1) is 6.39. The Kier molecular flexibility index (Phi) is 1.21. The van der Waals surface area contributed by atoms with Crippen molar-refractivity contribution in [2.75, 3.05) is 11.9 Å². The fourth-order valence-electron chi connectivity index (χ4n) is 1.31. The number of fused-ring (bicyclic) bond motifs is 1. The zero-order chi connectivity index (χ0) is 7.84. The molecule has 1 amide bonds. The van der Waals surface area contributed by atoms with Gasteiger partial charge in [0, 0.05) is 25.2 Å². The molecule has 4 heteroatoms. The number of carbonyl (C=O) groups is 1. The number of H-pyrrole nitrogens is 1. The molecule has 0 atom stereocenters. The lowest BCUT2D eigenvalue weighted by Crippen LogP contribution is -2.30. The number of carbonyl (C=O) groups excluding carboxylic acids is 1. The van der Waals surface area contributed by atoms with E-state index in [4.69, 9.17) is 0 Å². The minimum atomic E-state index is 0.143. The van der Waals surface area contributed by atoms with Crippen LogP contribution in [0.5, 0.6) is 0 Å². The fourth-order valence-corrected chi connectivity index (χ4v) is 1.31. The van der Waals surface area contributed by atoms with Gasteiger partial charge in [0.05, 0.1) is 0 Å². The minimum absolute atomic E-state index is 0.143. The van der Waals surface area contributed by atoms with Gasteiger partial charge in [-0.2, -0.15) is 5.10 Å². The molecule has 2 heterocycles. The average molecular weight is 151 g/mol. The fraction of sp³-hybridized carbons (Fsp3) is 0.429. The second-order valence-electron chi connectivity index (χ2n) is 2.69. The molecule has 4 nitrogen and oxygen atoms in total. The van der Waals surface area contributed by atoms with Gasteiger partial charge in [0.15, 0.2) is 5.82 Å². The van der Waals surface area contributed by atoms with Crippen molar-refractivity contribution in [3.63, 3.8) is 0 Å². The number of aromatic nitrogens is 2. The molecule has 1 N–H and O–H groups in total. The van der Waals surface area contributed by atoms with E-state index in [0.29, 0.717) is 6.42 Å². The molecule has 1 aromatic heterocycles. The maximum absolute atomic E-state index is 11.1. The van der Waals surface area contributed by atoms with Gasteiger partial charge in [0.2, 0.25) is 5.91 Å². The summed E-state index contributed by atoms with van der Waals surface area (Å²) in [5.41, 5.74) is 1.13. The molecule has 1 aliphatic heterocycles. The van der Waals surface area contributed by atoms with Gasteiger partial charge in [-0.3, -0.25) is 14.8 Å². The van der Waals surface area contributed by atoms with Crippen LogP contribution in [0.4, 0.5) is 5.82 Å². The Morgan fingerprint density at radius 1 is 1.64 bits per heavy atom. The van der Waals surface area contributed by atoms with Crippen molar-refractivity contribution >= 4 is 11.7 Å². The summed E-state index contributed by atoms with van der Waals surface area (Å²) in [6, 6.07) is 0. The van der Waals surface area contributed by atoms with E-state index in [1.807, 2.05) is 6.20 Å². The van der Waals surface area contributed by atoms with E-state index in [2.05, 4.69) is 10.2 Å². The van der Waals surface area contributed by atoms with Gasteiger partial charge >= 0.3 is 0 Å². The Balaban J connectivity index is 2.45. The first-order valence-corrected chi connectivity index (χ1v) is 3.58. The van der Waals surface area contributed by atoms with Gasteiger partial charge in [0.25, 0.3) is 0 Å². The van der Waals surface area contributed by atoms with E-state index < -0.39 is 0 Å². The molecule has 0 bridgehead atoms. The van der Waals surface area contributed by atoms with Crippen LogP contribution in [0.25, 0.3) is 0 Å². The van der Waals surface area contributed by atoms with Gasteiger partial charge in [-0.1, -0.05) is 0 Å². The zero-order valence-electron chi connectivity index (χ0n) is 6.29. The minimum Gasteiger partial charge on any atom is -0.298 e. The first-order valence-electron chi connectivity index (χ1n) is 3.58. The number of anilines is 1. The lowest BCUT2D eigenvalue weighted by atomic mass is 10.1. The van der Waals surface area contributed by atoms with Gasteiger partial charge in [-0.25, -0.2) is 0 Å². The number of aromatic amines is 1. The molecule has 0 aliphatic carbocycles. The largest absolute Gasteiger partial charge is 0.298 e. The molecular weight excluding hydrogens is 142 g/mol. The normalized spacial score (nSPS) is 16.8. The molecule has 0 unspecified atom stereocenters. The summed E-state index contributed by atoms with van der Waals surface area (Å²) >= 11 is 0. The van der Waals surface area contributed by atoms with Crippen molar-refractivity contribution in [1.82, 2.24) is 10.2 Å². The molecule has 0 radical (unpaired) electrons. The number of nitrogens with zero attached hydrogens (tertiary/aromatic N) is 2. The highest BCUT2D eigenvalue weighted by molar-refractivity contribution is 5.94. The lowest BCUT2D eigenvalue weighted by Gasteiger charge is -2.20. The molecule has 0 saturated carbocycles. The summed E-state index contributed by atoms with van der Waals surface area (Å²) in [7, 11) is 1.75. The van der Waals surface area contributed by atoms with Gasteiger partial charge < -0.3 is 0 Å². The second kappa shape index (κ2) is 2.08. The Morgan fingerprint density at radius 3 is 3.27 bits per heavy atom. The van der Waals surface area contributed by atoms with E-state index in [-0.39, 0.29) is 5.91 Å². The molecule has 0 saturated heterocycles. The molecule has 0 aromatic carbocycles. The first-order chi connectivity index (χ1) is 5.29. The monoisotopic (exact) mass is 151 g/mol. The number of aryl methyl sites for hydroxylation is 1. The molecule has 1 aliphatic rings. The number of nitrogens with one attached hydrogen (secondary N) is 1. The summed E-state index contributed by atoms with van der Waals surface area (Å²) in [5, 5.41) is 6.72. The van der Waals surface area contributed by atoms with Crippen molar-refractivity contribution in [2.24, 2.45) is 0 Å². The second-order valence-corrected chi connectivity index (χ2v) is 2.69. The number of hydrogen-bond donors (Lipinski definition) is 1. The van der Waals surface area contributed by atoms with E-state index in [9.17, 15) is 4.79 Å². The van der Waals surface area contributed by atoms with Crippen LogP contribution in [0.15, 0.2) is 6.20 Å². The van der Waals surface area contributed by atoms with Gasteiger partial charge in [-0.05, 0) is 6.42 Å². The third kappa shape index (κ3) is 0.824. The molecule has 2 rings (SSSR count). The van der Waals surface area contributed by atoms with Crippen molar-refractivity contribution in [3.05, 3.63) is 11.8 Å². The highest BCUT2D eigenvalue weighted by Crippen LogP contribution is 2.22. The van der Waals surface area contributed by atoms with Crippen LogP contribution in [0, 0.1) is 0 Å². The quantitative estimate of drug-likeness (QED) is 0.580. The summed E-state index contributed by atoms with van der Waals surface area (Å²) in [5.74, 6) is 0.922. The van der Waals surface area contributed by atoms with Crippen molar-refractivity contribution in [1.29, 1.82) is 0 Å². The molecule has 58 valence electrons. The third-order valence-corrected chi connectivity index (χ3v) is 2.00. The number of hydrogen-bond acceptors (Lipinski definition) is 2. The van der Waals surface area contributed by atoms with Crippen molar-refractivity contribution < 1.29 is 4.79 Å². The maximum atomic E-state index is 11.1. The summed E-state index contributed by atoms with van der Waals surface area (Å²) in [4.78, 5) is 12.7. The average Bonchev–Trinajstić information content (AvgIpc) is 2.45. The van der Waals surface area contributed by atoms with E-state index in [1.54, 1.807) is 11.9 Å². The third-order valence-electron chi connectivity index (χ3n) is 2.00. The molecule has 1 aromatic rings. The van der Waals surface area contributed by atoms with Crippen LogP contribution < -0.4 is 4.90 Å². The Bertz CT molecular complexity index is 292. The maximum Gasteiger partial charge on any atom is 0.228 e. The van der Waals surface area contributed by atoms with Crippen LogP contribution in [-0.4, -0.2) is 23.2 Å². The molecular formula is C7H9N3O. The van der Waals surface area contributed by atoms with E-state index in [0.717, 1.165) is 17.8 Å². The topological polar surface area (TPSA) is 49.0 Å². The summed E-state index contributed by atoms with van der Waals surface area (Å²) < 4.78 is 0. The van der Waals surface area contributed by atoms with Crippen LogP contribution in [0.1, 0.15) is 12.0 Å². The highest BCUT2D eigenvalue weighted by atomic mass is 16.2. The highest BCUT2D eigenvalue weighted by Gasteiger charge is 2.22. The van der Waals surface area contributed by atoms with Crippen molar-refractivity contribution in [3.8, 4) is 0 Å². The predicted octanol–water partition coefficient (Wildman–Crippen LogP) is 0.319. The SMILES string of the molecule is CN1C(=O)CCc2c[nH]nc21. The Morgan fingerprint density at radius 2 is 2.45 bits per heavy atom. The molecule has 11 heavy (non-hydrogen) atoms. The van der Waals surface area contributed by atoms with E-state index >= 15 is 0 Å². The van der Waals surface area contributed by atoms with Crippen LogP contribution in [0.2, 0.25) is 0 Å². The Labute approximate surface area is 64.2 Å². The van der Waals surface area contributed by atoms with Crippen LogP contribution in [-0.2, 0) is 11.2 Å². The van der Waals surface area contributed by atoms with E-state index in [1.165, 1.54) is 0 Å². The van der Waals surface area contributed by atoms with Gasteiger partial charge in [0.1, 0.15) is 0 Å². The molecule has 0 spiro atoms. The zero-order valence-corrected chi connectivity index (χ0v) is 6.29. The van der Waals surface area contributed by atoms with Crippen LogP contribution in [0.3, 0.4) is 0 Å².